The Kier molecular flexibility index (Phi) is 5.53. The minimum Gasteiger partial charge on any atom is -0.377 e. The Balaban J connectivity index is 2.38. The second-order valence-electron chi connectivity index (χ2n) is 4.16. The van der Waals surface area contributed by atoms with E-state index < -0.39 is 0 Å². The molecule has 0 spiro atoms. The van der Waals surface area contributed by atoms with Crippen LogP contribution >= 0.6 is 0 Å². The third kappa shape index (κ3) is 3.41. The molecule has 90 valence electrons. The summed E-state index contributed by atoms with van der Waals surface area (Å²) in [7, 11) is 3.52. The van der Waals surface area contributed by atoms with E-state index in [4.69, 9.17) is 9.47 Å². The summed E-state index contributed by atoms with van der Waals surface area (Å²) in [5.74, 6) is 0. The van der Waals surface area contributed by atoms with Crippen LogP contribution < -0.4 is 5.32 Å². The highest BCUT2D eigenvalue weighted by Crippen LogP contribution is 2.17. The lowest BCUT2D eigenvalue weighted by molar-refractivity contribution is -0.00461. The molecule has 0 aromatic heterocycles. The number of rotatable bonds is 6. The molecule has 1 rings (SSSR count). The molecule has 3 unspecified atom stereocenters. The molecule has 0 amide bonds. The standard InChI is InChI=1S/C11H24N2O2/c1-5-12-6-9(2)13-7-10(14-3)11(8-13)15-4/h9-12H,5-8H2,1-4H3. The molecule has 1 aliphatic heterocycles. The van der Waals surface area contributed by atoms with Crippen LogP contribution in [0.1, 0.15) is 13.8 Å². The molecule has 1 saturated heterocycles. The van der Waals surface area contributed by atoms with Gasteiger partial charge in [-0.25, -0.2) is 0 Å². The van der Waals surface area contributed by atoms with Crippen molar-refractivity contribution >= 4 is 0 Å². The fraction of sp³-hybridized carbons (Fsp3) is 1.00. The van der Waals surface area contributed by atoms with Crippen molar-refractivity contribution in [2.75, 3.05) is 40.4 Å². The van der Waals surface area contributed by atoms with E-state index in [2.05, 4.69) is 24.1 Å². The van der Waals surface area contributed by atoms with Gasteiger partial charge in [0.05, 0.1) is 12.2 Å². The maximum Gasteiger partial charge on any atom is 0.0971 e. The van der Waals surface area contributed by atoms with E-state index in [0.717, 1.165) is 26.2 Å². The number of likely N-dealkylation sites (tertiary alicyclic amines) is 1. The predicted octanol–water partition coefficient (Wildman–Crippen LogP) is 0.330. The Hall–Kier alpha value is -0.160. The van der Waals surface area contributed by atoms with Crippen molar-refractivity contribution in [3.8, 4) is 0 Å². The van der Waals surface area contributed by atoms with Crippen LogP contribution in [0.15, 0.2) is 0 Å². The second-order valence-corrected chi connectivity index (χ2v) is 4.16. The Morgan fingerprint density at radius 1 is 1.27 bits per heavy atom. The van der Waals surface area contributed by atoms with Gasteiger partial charge in [0.15, 0.2) is 0 Å². The van der Waals surface area contributed by atoms with Crippen molar-refractivity contribution in [2.45, 2.75) is 32.1 Å². The number of nitrogens with zero attached hydrogens (tertiary/aromatic N) is 1. The van der Waals surface area contributed by atoms with E-state index in [0.29, 0.717) is 6.04 Å². The summed E-state index contributed by atoms with van der Waals surface area (Å²) >= 11 is 0. The van der Waals surface area contributed by atoms with Gasteiger partial charge in [-0.3, -0.25) is 4.90 Å². The molecule has 3 atom stereocenters. The number of hydrogen-bond donors (Lipinski definition) is 1. The third-order valence-electron chi connectivity index (χ3n) is 3.16. The van der Waals surface area contributed by atoms with Gasteiger partial charge in [0.25, 0.3) is 0 Å². The Morgan fingerprint density at radius 3 is 2.20 bits per heavy atom. The van der Waals surface area contributed by atoms with Crippen LogP contribution in [0.5, 0.6) is 0 Å². The quantitative estimate of drug-likeness (QED) is 0.694. The van der Waals surface area contributed by atoms with Crippen LogP contribution in [-0.2, 0) is 9.47 Å². The van der Waals surface area contributed by atoms with E-state index in [1.807, 2.05) is 0 Å². The van der Waals surface area contributed by atoms with Crippen LogP contribution in [0.2, 0.25) is 0 Å². The van der Waals surface area contributed by atoms with Gasteiger partial charge in [0, 0.05) is 39.9 Å². The van der Waals surface area contributed by atoms with E-state index in [1.165, 1.54) is 0 Å². The van der Waals surface area contributed by atoms with Gasteiger partial charge < -0.3 is 14.8 Å². The average molecular weight is 216 g/mol. The van der Waals surface area contributed by atoms with Gasteiger partial charge in [0.2, 0.25) is 0 Å². The molecule has 1 fully saturated rings. The first-order valence-electron chi connectivity index (χ1n) is 5.73. The molecule has 4 nitrogen and oxygen atoms in total. The zero-order valence-electron chi connectivity index (χ0n) is 10.3. The number of nitrogens with one attached hydrogen (secondary N) is 1. The molecule has 0 saturated carbocycles. The monoisotopic (exact) mass is 216 g/mol. The van der Waals surface area contributed by atoms with Crippen molar-refractivity contribution in [3.63, 3.8) is 0 Å². The largest absolute Gasteiger partial charge is 0.377 e. The van der Waals surface area contributed by atoms with E-state index in [1.54, 1.807) is 14.2 Å². The van der Waals surface area contributed by atoms with Gasteiger partial charge in [-0.1, -0.05) is 6.92 Å². The molecular weight excluding hydrogens is 192 g/mol. The van der Waals surface area contributed by atoms with Crippen LogP contribution in [-0.4, -0.2) is 63.5 Å². The van der Waals surface area contributed by atoms with Gasteiger partial charge in [-0.2, -0.15) is 0 Å². The minimum atomic E-state index is 0.221. The van der Waals surface area contributed by atoms with Gasteiger partial charge in [-0.05, 0) is 13.5 Å². The van der Waals surface area contributed by atoms with Crippen LogP contribution in [0.25, 0.3) is 0 Å². The molecule has 1 heterocycles. The van der Waals surface area contributed by atoms with Crippen LogP contribution in [0.3, 0.4) is 0 Å². The average Bonchev–Trinajstić information content (AvgIpc) is 2.68. The molecule has 15 heavy (non-hydrogen) atoms. The molecule has 1 N–H and O–H groups in total. The van der Waals surface area contributed by atoms with Crippen molar-refractivity contribution in [2.24, 2.45) is 0 Å². The smallest absolute Gasteiger partial charge is 0.0971 e. The van der Waals surface area contributed by atoms with Gasteiger partial charge in [-0.15, -0.1) is 0 Å². The maximum atomic E-state index is 5.41. The molecule has 0 bridgehead atoms. The number of hydrogen-bond acceptors (Lipinski definition) is 4. The lowest BCUT2D eigenvalue weighted by Gasteiger charge is -2.24. The Morgan fingerprint density at radius 2 is 1.80 bits per heavy atom. The molecule has 1 aliphatic rings. The van der Waals surface area contributed by atoms with Crippen molar-refractivity contribution in [1.29, 1.82) is 0 Å². The zero-order chi connectivity index (χ0) is 11.3. The first-order valence-corrected chi connectivity index (χ1v) is 5.73. The molecule has 0 aromatic rings. The normalized spacial score (nSPS) is 29.6. The summed E-state index contributed by atoms with van der Waals surface area (Å²) in [6.45, 7) is 8.38. The minimum absolute atomic E-state index is 0.221. The molecule has 4 heteroatoms. The SMILES string of the molecule is CCNCC(C)N1CC(OC)C(OC)C1. The van der Waals surface area contributed by atoms with E-state index in [9.17, 15) is 0 Å². The summed E-state index contributed by atoms with van der Waals surface area (Å²) in [6.07, 6.45) is 0.443. The number of ether oxygens (including phenoxy) is 2. The van der Waals surface area contributed by atoms with Gasteiger partial charge >= 0.3 is 0 Å². The molecular formula is C11H24N2O2. The van der Waals surface area contributed by atoms with Crippen molar-refractivity contribution in [1.82, 2.24) is 10.2 Å². The molecule has 0 radical (unpaired) electrons. The van der Waals surface area contributed by atoms with Gasteiger partial charge in [0.1, 0.15) is 0 Å². The summed E-state index contributed by atoms with van der Waals surface area (Å²) in [6, 6.07) is 0.544. The molecule has 0 aromatic carbocycles. The topological polar surface area (TPSA) is 33.7 Å². The van der Waals surface area contributed by atoms with Crippen LogP contribution in [0, 0.1) is 0 Å². The summed E-state index contributed by atoms with van der Waals surface area (Å²) in [5, 5.41) is 3.37. The van der Waals surface area contributed by atoms with E-state index >= 15 is 0 Å². The Labute approximate surface area is 92.9 Å². The first kappa shape index (κ1) is 12.9. The zero-order valence-corrected chi connectivity index (χ0v) is 10.3. The highest BCUT2D eigenvalue weighted by molar-refractivity contribution is 4.88. The maximum absolute atomic E-state index is 5.41. The van der Waals surface area contributed by atoms with Crippen molar-refractivity contribution in [3.05, 3.63) is 0 Å². The second kappa shape index (κ2) is 6.43. The third-order valence-corrected chi connectivity index (χ3v) is 3.16. The summed E-state index contributed by atoms with van der Waals surface area (Å²) in [4.78, 5) is 2.42. The highest BCUT2D eigenvalue weighted by atomic mass is 16.5. The Bertz CT molecular complexity index is 166. The fourth-order valence-electron chi connectivity index (χ4n) is 2.07. The van der Waals surface area contributed by atoms with E-state index in [-0.39, 0.29) is 12.2 Å². The fourth-order valence-corrected chi connectivity index (χ4v) is 2.07. The van der Waals surface area contributed by atoms with Crippen molar-refractivity contribution < 1.29 is 9.47 Å². The lowest BCUT2D eigenvalue weighted by Crippen LogP contribution is -2.39. The summed E-state index contributed by atoms with van der Waals surface area (Å²) in [5.41, 5.74) is 0. The summed E-state index contributed by atoms with van der Waals surface area (Å²) < 4.78 is 10.8. The first-order chi connectivity index (χ1) is 7.22. The lowest BCUT2D eigenvalue weighted by atomic mass is 10.3. The number of methoxy groups -OCH3 is 2. The number of likely N-dealkylation sites (N-methyl/N-ethyl adjacent to an activating group) is 1. The highest BCUT2D eigenvalue weighted by Gasteiger charge is 2.34. The molecule has 0 aliphatic carbocycles. The van der Waals surface area contributed by atoms with Crippen LogP contribution in [0.4, 0.5) is 0 Å². The predicted molar refractivity (Wildman–Crippen MR) is 61.2 cm³/mol.